The van der Waals surface area contributed by atoms with Gasteiger partial charge in [-0.1, -0.05) is 12.2 Å². The lowest BCUT2D eigenvalue weighted by atomic mass is 10.0. The van der Waals surface area contributed by atoms with E-state index in [4.69, 9.17) is 18.0 Å². The summed E-state index contributed by atoms with van der Waals surface area (Å²) in [7, 11) is 0. The van der Waals surface area contributed by atoms with Crippen LogP contribution in [-0.4, -0.2) is 27.8 Å². The highest BCUT2D eigenvalue weighted by molar-refractivity contribution is 7.80. The molecular weight excluding hydrogens is 220 g/mol. The number of nitrogens with two attached hydrogens (primary N) is 1. The lowest BCUT2D eigenvalue weighted by Crippen LogP contribution is -2.39. The van der Waals surface area contributed by atoms with Crippen molar-refractivity contribution in [3.05, 3.63) is 17.8 Å². The summed E-state index contributed by atoms with van der Waals surface area (Å²) in [4.78, 5) is 2.65. The Balaban J connectivity index is 2.34. The van der Waals surface area contributed by atoms with Crippen LogP contribution in [0.3, 0.4) is 0 Å². The summed E-state index contributed by atoms with van der Waals surface area (Å²) < 4.78 is 0. The first-order valence-corrected chi connectivity index (χ1v) is 5.99. The highest BCUT2D eigenvalue weighted by atomic mass is 32.1. The first-order valence-electron chi connectivity index (χ1n) is 5.58. The second-order valence-corrected chi connectivity index (χ2v) is 4.61. The van der Waals surface area contributed by atoms with E-state index in [9.17, 15) is 0 Å². The minimum Gasteiger partial charge on any atom is -0.389 e. The molecule has 4 nitrogen and oxygen atoms in total. The van der Waals surface area contributed by atoms with Crippen molar-refractivity contribution in [1.82, 2.24) is 10.2 Å². The van der Waals surface area contributed by atoms with Gasteiger partial charge in [0.1, 0.15) is 4.99 Å². The van der Waals surface area contributed by atoms with Crippen molar-refractivity contribution in [2.75, 3.05) is 11.4 Å². The van der Waals surface area contributed by atoms with E-state index in [1.54, 1.807) is 6.20 Å². The van der Waals surface area contributed by atoms with Crippen LogP contribution in [0.15, 0.2) is 12.3 Å². The van der Waals surface area contributed by atoms with Crippen molar-refractivity contribution < 1.29 is 0 Å². The molecular formula is C11H16N4S. The molecule has 5 heteroatoms. The Bertz CT molecular complexity index is 393. The van der Waals surface area contributed by atoms with Crippen LogP contribution in [0.4, 0.5) is 5.82 Å². The predicted octanol–water partition coefficient (Wildman–Crippen LogP) is 1.49. The van der Waals surface area contributed by atoms with Gasteiger partial charge in [0.2, 0.25) is 0 Å². The Morgan fingerprint density at radius 2 is 2.38 bits per heavy atom. The van der Waals surface area contributed by atoms with Gasteiger partial charge in [0.15, 0.2) is 5.82 Å². The Hall–Kier alpha value is -1.23. The first-order chi connectivity index (χ1) is 7.70. The summed E-state index contributed by atoms with van der Waals surface area (Å²) in [5.41, 5.74) is 6.54. The molecule has 1 atom stereocenters. The molecule has 0 aliphatic carbocycles. The molecule has 1 aromatic rings. The number of piperidine rings is 1. The second-order valence-electron chi connectivity index (χ2n) is 4.17. The third-order valence-corrected chi connectivity index (χ3v) is 3.26. The van der Waals surface area contributed by atoms with Crippen LogP contribution in [0, 0.1) is 0 Å². The van der Waals surface area contributed by atoms with Gasteiger partial charge >= 0.3 is 0 Å². The van der Waals surface area contributed by atoms with Crippen molar-refractivity contribution in [3.63, 3.8) is 0 Å². The quantitative estimate of drug-likeness (QED) is 0.788. The van der Waals surface area contributed by atoms with E-state index in [1.807, 2.05) is 6.07 Å². The highest BCUT2D eigenvalue weighted by Gasteiger charge is 2.22. The zero-order valence-corrected chi connectivity index (χ0v) is 10.2. The van der Waals surface area contributed by atoms with Crippen LogP contribution in [0.1, 0.15) is 31.7 Å². The molecule has 2 N–H and O–H groups in total. The van der Waals surface area contributed by atoms with Crippen LogP contribution >= 0.6 is 12.2 Å². The maximum Gasteiger partial charge on any atom is 0.161 e. The molecule has 1 saturated heterocycles. The van der Waals surface area contributed by atoms with Crippen molar-refractivity contribution in [1.29, 1.82) is 0 Å². The van der Waals surface area contributed by atoms with Gasteiger partial charge in [0.25, 0.3) is 0 Å². The maximum absolute atomic E-state index is 5.70. The molecule has 2 rings (SSSR count). The molecule has 0 aromatic carbocycles. The molecule has 1 fully saturated rings. The second kappa shape index (κ2) is 4.74. The summed E-state index contributed by atoms with van der Waals surface area (Å²) in [6, 6.07) is 2.32. The lowest BCUT2D eigenvalue weighted by Gasteiger charge is -2.34. The van der Waals surface area contributed by atoms with E-state index in [-0.39, 0.29) is 0 Å². The zero-order valence-electron chi connectivity index (χ0n) is 9.39. The van der Waals surface area contributed by atoms with Gasteiger partial charge in [-0.15, -0.1) is 5.10 Å². The van der Waals surface area contributed by atoms with E-state index in [1.165, 1.54) is 19.3 Å². The van der Waals surface area contributed by atoms with E-state index < -0.39 is 0 Å². The molecule has 86 valence electrons. The van der Waals surface area contributed by atoms with Gasteiger partial charge in [0, 0.05) is 12.6 Å². The third-order valence-electron chi connectivity index (χ3n) is 3.04. The van der Waals surface area contributed by atoms with Gasteiger partial charge < -0.3 is 10.6 Å². The number of rotatable bonds is 2. The maximum atomic E-state index is 5.70. The molecule has 0 bridgehead atoms. The van der Waals surface area contributed by atoms with Gasteiger partial charge in [-0.05, 0) is 32.3 Å². The standard InChI is InChI=1S/C11H16N4S/c1-8-4-2-3-7-15(8)11-9(10(12)16)5-6-13-14-11/h5-6,8H,2-4,7H2,1H3,(H2,12,16). The Morgan fingerprint density at radius 1 is 1.56 bits per heavy atom. The summed E-state index contributed by atoms with van der Waals surface area (Å²) in [5, 5.41) is 8.11. The smallest absolute Gasteiger partial charge is 0.161 e. The molecule has 1 aromatic heterocycles. The van der Waals surface area contributed by atoms with Crippen LogP contribution in [-0.2, 0) is 0 Å². The summed E-state index contributed by atoms with van der Waals surface area (Å²) >= 11 is 5.04. The van der Waals surface area contributed by atoms with E-state index >= 15 is 0 Å². The van der Waals surface area contributed by atoms with Crippen molar-refractivity contribution in [3.8, 4) is 0 Å². The van der Waals surface area contributed by atoms with E-state index in [0.717, 1.165) is 17.9 Å². The summed E-state index contributed by atoms with van der Waals surface area (Å²) in [6.45, 7) is 3.21. The highest BCUT2D eigenvalue weighted by Crippen LogP contribution is 2.25. The average Bonchev–Trinajstić information content (AvgIpc) is 2.29. The molecule has 0 spiro atoms. The fraction of sp³-hybridized carbons (Fsp3) is 0.545. The zero-order chi connectivity index (χ0) is 11.5. The van der Waals surface area contributed by atoms with Gasteiger partial charge in [-0.2, -0.15) is 5.10 Å². The molecule has 2 heterocycles. The predicted molar refractivity (Wildman–Crippen MR) is 68.6 cm³/mol. The number of hydrogen-bond acceptors (Lipinski definition) is 4. The Kier molecular flexibility index (Phi) is 3.33. The van der Waals surface area contributed by atoms with Gasteiger partial charge in [-0.25, -0.2) is 0 Å². The summed E-state index contributed by atoms with van der Waals surface area (Å²) in [6.07, 6.45) is 5.29. The van der Waals surface area contributed by atoms with Crippen LogP contribution in [0.2, 0.25) is 0 Å². The Morgan fingerprint density at radius 3 is 3.06 bits per heavy atom. The normalized spacial score (nSPS) is 20.8. The minimum atomic E-state index is 0.391. The van der Waals surface area contributed by atoms with Crippen LogP contribution in [0.5, 0.6) is 0 Å². The van der Waals surface area contributed by atoms with Crippen molar-refractivity contribution in [2.45, 2.75) is 32.2 Å². The number of nitrogens with zero attached hydrogens (tertiary/aromatic N) is 3. The van der Waals surface area contributed by atoms with E-state index in [0.29, 0.717) is 11.0 Å². The van der Waals surface area contributed by atoms with Crippen LogP contribution in [0.25, 0.3) is 0 Å². The third kappa shape index (κ3) is 2.14. The molecule has 0 saturated carbocycles. The molecule has 16 heavy (non-hydrogen) atoms. The number of aromatic nitrogens is 2. The van der Waals surface area contributed by atoms with Crippen molar-refractivity contribution in [2.24, 2.45) is 5.73 Å². The van der Waals surface area contributed by atoms with E-state index in [2.05, 4.69) is 22.0 Å². The summed E-state index contributed by atoms with van der Waals surface area (Å²) in [5.74, 6) is 0.835. The molecule has 1 aliphatic rings. The largest absolute Gasteiger partial charge is 0.389 e. The molecule has 1 aliphatic heterocycles. The molecule has 1 unspecified atom stereocenters. The van der Waals surface area contributed by atoms with Gasteiger partial charge in [-0.3, -0.25) is 0 Å². The SMILES string of the molecule is CC1CCCCN1c1nnccc1C(N)=S. The van der Waals surface area contributed by atoms with Crippen molar-refractivity contribution >= 4 is 23.0 Å². The molecule has 0 amide bonds. The lowest BCUT2D eigenvalue weighted by molar-refractivity contribution is 0.479. The topological polar surface area (TPSA) is 55.0 Å². The minimum absolute atomic E-state index is 0.391. The fourth-order valence-electron chi connectivity index (χ4n) is 2.14. The number of thiocarbonyl (C=S) groups is 1. The van der Waals surface area contributed by atoms with Gasteiger partial charge in [0.05, 0.1) is 11.8 Å². The fourth-order valence-corrected chi connectivity index (χ4v) is 2.30. The first kappa shape index (κ1) is 11.3. The van der Waals surface area contributed by atoms with Crippen LogP contribution < -0.4 is 10.6 Å². The number of anilines is 1. The molecule has 0 radical (unpaired) electrons. The Labute approximate surface area is 101 Å². The monoisotopic (exact) mass is 236 g/mol. The number of hydrogen-bond donors (Lipinski definition) is 1. The average molecular weight is 236 g/mol.